The summed E-state index contributed by atoms with van der Waals surface area (Å²) < 4.78 is 48.8. The lowest BCUT2D eigenvalue weighted by atomic mass is 9.87. The Bertz CT molecular complexity index is 1440. The number of carbonyl (C=O) groups is 3. The summed E-state index contributed by atoms with van der Waals surface area (Å²) in [7, 11) is 2.60. The zero-order valence-electron chi connectivity index (χ0n) is 27.5. The van der Waals surface area contributed by atoms with Crippen LogP contribution in [0.5, 0.6) is 5.88 Å². The van der Waals surface area contributed by atoms with Crippen LogP contribution in [0.4, 0.5) is 10.7 Å². The van der Waals surface area contributed by atoms with Crippen molar-refractivity contribution in [1.29, 1.82) is 0 Å². The molecule has 258 valence electrons. The predicted molar refractivity (Wildman–Crippen MR) is 169 cm³/mol. The van der Waals surface area contributed by atoms with Crippen LogP contribution in [0.15, 0.2) is 6.33 Å². The fourth-order valence-corrected chi connectivity index (χ4v) is 8.51. The van der Waals surface area contributed by atoms with Crippen molar-refractivity contribution >= 4 is 53.2 Å². The maximum atomic E-state index is 14.2. The molecule has 2 aromatic rings. The first-order valence-electron chi connectivity index (χ1n) is 14.6. The second kappa shape index (κ2) is 15.6. The summed E-state index contributed by atoms with van der Waals surface area (Å²) in [5.41, 5.74) is 6.26. The SMILES string of the molecule is COC(=O)NC(CSP(=O)(NC(C)C(=O)OC(C)C)OCC1CC(C)(C)C(n2cnc3c(OC)nc(N)nc32)O1)C(=O)OC(C)C. The summed E-state index contributed by atoms with van der Waals surface area (Å²) in [5.74, 6) is -1.41. The van der Waals surface area contributed by atoms with Gasteiger partial charge in [0.2, 0.25) is 11.8 Å². The van der Waals surface area contributed by atoms with E-state index in [4.69, 9.17) is 29.2 Å². The number of nitrogen functional groups attached to an aromatic ring is 1. The number of esters is 2. The average Bonchev–Trinajstić information content (AvgIpc) is 3.51. The molecule has 0 bridgehead atoms. The van der Waals surface area contributed by atoms with Crippen molar-refractivity contribution in [1.82, 2.24) is 29.9 Å². The number of hydrogen-bond donors (Lipinski definition) is 3. The summed E-state index contributed by atoms with van der Waals surface area (Å²) in [5, 5.41) is 5.13. The molecule has 2 aromatic heterocycles. The van der Waals surface area contributed by atoms with Gasteiger partial charge in [-0.15, -0.1) is 0 Å². The minimum Gasteiger partial charge on any atom is -0.479 e. The van der Waals surface area contributed by atoms with Gasteiger partial charge in [0, 0.05) is 11.2 Å². The van der Waals surface area contributed by atoms with Gasteiger partial charge in [0.1, 0.15) is 18.3 Å². The Balaban J connectivity index is 1.82. The fourth-order valence-electron chi connectivity index (χ4n) is 4.64. The minimum absolute atomic E-state index is 0.00760. The maximum Gasteiger partial charge on any atom is 0.407 e. The first kappa shape index (κ1) is 37.3. The van der Waals surface area contributed by atoms with Crippen molar-refractivity contribution in [2.45, 2.75) is 91.5 Å². The lowest BCUT2D eigenvalue weighted by Gasteiger charge is -2.26. The molecule has 0 aromatic carbocycles. The van der Waals surface area contributed by atoms with Gasteiger partial charge in [-0.1, -0.05) is 25.2 Å². The Morgan fingerprint density at radius 2 is 1.78 bits per heavy atom. The van der Waals surface area contributed by atoms with Gasteiger partial charge < -0.3 is 39.3 Å². The Morgan fingerprint density at radius 3 is 2.39 bits per heavy atom. The highest BCUT2D eigenvalue weighted by atomic mass is 32.7. The molecule has 0 spiro atoms. The number of hydrogen-bond acceptors (Lipinski definition) is 15. The molecule has 3 rings (SSSR count). The van der Waals surface area contributed by atoms with E-state index in [2.05, 4.69) is 30.1 Å². The Morgan fingerprint density at radius 1 is 1.13 bits per heavy atom. The summed E-state index contributed by atoms with van der Waals surface area (Å²) in [6.45, 7) is 8.03. The van der Waals surface area contributed by atoms with Gasteiger partial charge in [-0.2, -0.15) is 9.97 Å². The summed E-state index contributed by atoms with van der Waals surface area (Å²) in [6.07, 6.45) is -0.835. The second-order valence-corrected chi connectivity index (χ2v) is 16.1. The van der Waals surface area contributed by atoms with E-state index in [9.17, 15) is 18.9 Å². The molecule has 5 unspecified atom stereocenters. The van der Waals surface area contributed by atoms with Crippen molar-refractivity contribution in [2.75, 3.05) is 32.3 Å². The van der Waals surface area contributed by atoms with E-state index < -0.39 is 66.8 Å². The third kappa shape index (κ3) is 9.67. The molecule has 46 heavy (non-hydrogen) atoms. The Kier molecular flexibility index (Phi) is 12.6. The number of nitrogens with two attached hydrogens (primary N) is 1. The third-order valence-corrected chi connectivity index (χ3v) is 10.7. The average molecular weight is 690 g/mol. The molecule has 1 saturated heterocycles. The number of methoxy groups -OCH3 is 2. The monoisotopic (exact) mass is 689 g/mol. The number of amides is 1. The Labute approximate surface area is 271 Å². The third-order valence-electron chi connectivity index (χ3n) is 6.61. The highest BCUT2D eigenvalue weighted by molar-refractivity contribution is 8.56. The number of nitrogens with one attached hydrogen (secondary N) is 2. The fraction of sp³-hybridized carbons (Fsp3) is 0.704. The Hall–Kier alpha value is -3.18. The first-order valence-corrected chi connectivity index (χ1v) is 17.8. The molecule has 0 saturated carbocycles. The van der Waals surface area contributed by atoms with E-state index in [1.165, 1.54) is 14.0 Å². The molecule has 0 radical (unpaired) electrons. The van der Waals surface area contributed by atoms with Crippen molar-refractivity contribution in [2.24, 2.45) is 5.41 Å². The van der Waals surface area contributed by atoms with Crippen molar-refractivity contribution in [3.05, 3.63) is 6.33 Å². The van der Waals surface area contributed by atoms with E-state index in [-0.39, 0.29) is 24.2 Å². The highest BCUT2D eigenvalue weighted by Gasteiger charge is 2.45. The van der Waals surface area contributed by atoms with Crippen LogP contribution in [-0.4, -0.2) is 94.5 Å². The van der Waals surface area contributed by atoms with E-state index in [1.54, 1.807) is 38.6 Å². The largest absolute Gasteiger partial charge is 0.479 e. The summed E-state index contributed by atoms with van der Waals surface area (Å²) in [4.78, 5) is 50.1. The van der Waals surface area contributed by atoms with Crippen molar-refractivity contribution in [3.63, 3.8) is 0 Å². The van der Waals surface area contributed by atoms with E-state index >= 15 is 0 Å². The molecule has 17 nitrogen and oxygen atoms in total. The van der Waals surface area contributed by atoms with Crippen LogP contribution in [0.25, 0.3) is 11.2 Å². The van der Waals surface area contributed by atoms with Crippen LogP contribution in [0.2, 0.25) is 0 Å². The molecule has 3 heterocycles. The molecule has 19 heteroatoms. The lowest BCUT2D eigenvalue weighted by molar-refractivity contribution is -0.150. The van der Waals surface area contributed by atoms with E-state index in [1.807, 2.05) is 13.8 Å². The summed E-state index contributed by atoms with van der Waals surface area (Å²) >= 11 is 0.722. The van der Waals surface area contributed by atoms with Gasteiger partial charge >= 0.3 is 24.8 Å². The number of imidazole rings is 1. The van der Waals surface area contributed by atoms with Crippen LogP contribution >= 0.6 is 18.1 Å². The molecule has 1 aliphatic rings. The van der Waals surface area contributed by atoms with Crippen LogP contribution in [0, 0.1) is 5.41 Å². The van der Waals surface area contributed by atoms with Crippen LogP contribution in [0.3, 0.4) is 0 Å². The maximum absolute atomic E-state index is 14.2. The van der Waals surface area contributed by atoms with Crippen molar-refractivity contribution < 1.29 is 47.2 Å². The quantitative estimate of drug-likeness (QED) is 0.139. The number of alkyl carbamates (subject to hydrolysis) is 1. The number of fused-ring (bicyclic) bond motifs is 1. The van der Waals surface area contributed by atoms with Gasteiger partial charge in [0.25, 0.3) is 0 Å². The topological polar surface area (TPSA) is 217 Å². The van der Waals surface area contributed by atoms with Gasteiger partial charge in [0.05, 0.1) is 45.5 Å². The van der Waals surface area contributed by atoms with Gasteiger partial charge in [0.15, 0.2) is 11.2 Å². The van der Waals surface area contributed by atoms with Crippen molar-refractivity contribution in [3.8, 4) is 5.88 Å². The molecule has 0 aliphatic carbocycles. The second-order valence-electron chi connectivity index (χ2n) is 11.8. The highest BCUT2D eigenvalue weighted by Crippen LogP contribution is 2.57. The van der Waals surface area contributed by atoms with Gasteiger partial charge in [-0.3, -0.25) is 13.9 Å². The zero-order chi connectivity index (χ0) is 34.4. The number of rotatable bonds is 15. The first-order chi connectivity index (χ1) is 21.5. The standard InChI is InChI=1S/C27H44N7O10PS/c1-14(2)42-22(35)16(5)33-45(38,46-12-18(30-26(37)40-9)23(36)43-15(3)4)41-11-17-10-27(6,7)24(44-17)34-13-29-19-20(34)31-25(28)32-21(19)39-8/h13-18,24H,10-12H2,1-9H3,(H,30,37)(H,33,38)(H2,28,31,32). The molecule has 1 aliphatic heterocycles. The van der Waals surface area contributed by atoms with Gasteiger partial charge in [-0.25, -0.2) is 19.7 Å². The number of carbonyl (C=O) groups excluding carboxylic acids is 3. The number of anilines is 1. The van der Waals surface area contributed by atoms with Gasteiger partial charge in [-0.05, 0) is 41.0 Å². The molecule has 4 N–H and O–H groups in total. The minimum atomic E-state index is -3.97. The molecular formula is C27H44N7O10PS. The van der Waals surface area contributed by atoms with E-state index in [0.717, 1.165) is 18.5 Å². The zero-order valence-corrected chi connectivity index (χ0v) is 29.2. The number of ether oxygens (including phenoxy) is 5. The molecule has 5 atom stereocenters. The normalized spacial score (nSPS) is 20.2. The van der Waals surface area contributed by atoms with Crippen LogP contribution in [-0.2, 0) is 37.6 Å². The smallest absolute Gasteiger partial charge is 0.407 e. The van der Waals surface area contributed by atoms with Crippen LogP contribution in [0.1, 0.15) is 61.1 Å². The molecular weight excluding hydrogens is 645 g/mol. The lowest BCUT2D eigenvalue weighted by Crippen LogP contribution is -2.44. The predicted octanol–water partition coefficient (Wildman–Crippen LogP) is 3.19. The van der Waals surface area contributed by atoms with E-state index in [0.29, 0.717) is 17.6 Å². The number of nitrogens with zero attached hydrogens (tertiary/aromatic N) is 4. The summed E-state index contributed by atoms with van der Waals surface area (Å²) in [6, 6.07) is -2.27. The number of aromatic nitrogens is 4. The van der Waals surface area contributed by atoms with Crippen LogP contribution < -0.4 is 20.9 Å². The molecule has 1 fully saturated rings. The molecule has 1 amide bonds.